The van der Waals surface area contributed by atoms with Crippen molar-refractivity contribution in [2.45, 2.75) is 13.5 Å². The van der Waals surface area contributed by atoms with E-state index in [1.54, 1.807) is 36.4 Å². The summed E-state index contributed by atoms with van der Waals surface area (Å²) in [6.45, 7) is 1.72. The Kier molecular flexibility index (Phi) is 5.96. The molecule has 28 heavy (non-hydrogen) atoms. The van der Waals surface area contributed by atoms with Gasteiger partial charge in [-0.25, -0.2) is 4.39 Å². The first-order chi connectivity index (χ1) is 13.5. The Morgan fingerprint density at radius 3 is 2.43 bits per heavy atom. The molecule has 0 bridgehead atoms. The lowest BCUT2D eigenvalue weighted by Gasteiger charge is -2.10. The summed E-state index contributed by atoms with van der Waals surface area (Å²) >= 11 is 0. The van der Waals surface area contributed by atoms with Crippen LogP contribution in [0.2, 0.25) is 0 Å². The van der Waals surface area contributed by atoms with Gasteiger partial charge in [-0.2, -0.15) is 0 Å². The summed E-state index contributed by atoms with van der Waals surface area (Å²) in [5.41, 5.74) is 3.16. The van der Waals surface area contributed by atoms with Gasteiger partial charge in [-0.3, -0.25) is 14.6 Å². The molecule has 0 aliphatic rings. The summed E-state index contributed by atoms with van der Waals surface area (Å²) in [6.07, 6.45) is 1.53. The molecule has 0 fully saturated rings. The lowest BCUT2D eigenvalue weighted by Crippen LogP contribution is -2.23. The molecule has 0 radical (unpaired) electrons. The third-order valence-electron chi connectivity index (χ3n) is 3.83. The lowest BCUT2D eigenvalue weighted by atomic mass is 10.2. The first kappa shape index (κ1) is 19.0. The number of aromatic nitrogens is 1. The fourth-order valence-corrected chi connectivity index (χ4v) is 2.55. The van der Waals surface area contributed by atoms with Crippen LogP contribution in [0.15, 0.2) is 66.9 Å². The molecule has 3 rings (SSSR count). The van der Waals surface area contributed by atoms with Crippen molar-refractivity contribution in [2.24, 2.45) is 0 Å². The Morgan fingerprint density at radius 1 is 0.964 bits per heavy atom. The average molecular weight is 378 g/mol. The predicted octanol–water partition coefficient (Wildman–Crippen LogP) is 3.85. The Balaban J connectivity index is 1.65. The van der Waals surface area contributed by atoms with Crippen LogP contribution >= 0.6 is 0 Å². The van der Waals surface area contributed by atoms with Crippen LogP contribution in [0.25, 0.3) is 0 Å². The van der Waals surface area contributed by atoms with Gasteiger partial charge in [-0.1, -0.05) is 18.2 Å². The normalized spacial score (nSPS) is 10.2. The van der Waals surface area contributed by atoms with E-state index in [-0.39, 0.29) is 29.9 Å². The third-order valence-corrected chi connectivity index (χ3v) is 3.83. The zero-order valence-corrected chi connectivity index (χ0v) is 15.2. The summed E-state index contributed by atoms with van der Waals surface area (Å²) in [5.74, 6) is -0.806. The second-order valence-corrected chi connectivity index (χ2v) is 6.13. The zero-order chi connectivity index (χ0) is 19.9. The van der Waals surface area contributed by atoms with Crippen LogP contribution in [-0.4, -0.2) is 16.8 Å². The first-order valence-electron chi connectivity index (χ1n) is 8.63. The van der Waals surface area contributed by atoms with Gasteiger partial charge in [-0.05, 0) is 48.0 Å². The summed E-state index contributed by atoms with van der Waals surface area (Å²) in [5, 5.41) is 8.65. The SMILES string of the molecule is CC(=O)Nc1cccc(Nc2ccnc(C(=O)NCc3ccc(F)cc3)c2)c1. The van der Waals surface area contributed by atoms with Crippen LogP contribution in [0.4, 0.5) is 21.5 Å². The number of rotatable bonds is 6. The van der Waals surface area contributed by atoms with Gasteiger partial charge in [0.25, 0.3) is 5.91 Å². The number of halogens is 1. The van der Waals surface area contributed by atoms with Crippen LogP contribution < -0.4 is 16.0 Å². The van der Waals surface area contributed by atoms with Crippen molar-refractivity contribution in [3.63, 3.8) is 0 Å². The highest BCUT2D eigenvalue weighted by Gasteiger charge is 2.08. The van der Waals surface area contributed by atoms with E-state index in [0.29, 0.717) is 11.4 Å². The minimum absolute atomic E-state index is 0.152. The standard InChI is InChI=1S/C21H19FN4O2/c1-14(27)25-17-3-2-4-18(11-17)26-19-9-10-23-20(12-19)21(28)24-13-15-5-7-16(22)8-6-15/h2-12H,13H2,1H3,(H,23,26)(H,24,28)(H,25,27). The summed E-state index contributed by atoms with van der Waals surface area (Å²) in [6, 6.07) is 16.5. The van der Waals surface area contributed by atoms with E-state index in [2.05, 4.69) is 20.9 Å². The molecule has 0 aliphatic heterocycles. The minimum Gasteiger partial charge on any atom is -0.355 e. The van der Waals surface area contributed by atoms with Gasteiger partial charge >= 0.3 is 0 Å². The van der Waals surface area contributed by atoms with Gasteiger partial charge in [-0.15, -0.1) is 0 Å². The fraction of sp³-hybridized carbons (Fsp3) is 0.0952. The van der Waals surface area contributed by atoms with Crippen LogP contribution in [-0.2, 0) is 11.3 Å². The van der Waals surface area contributed by atoms with Gasteiger partial charge in [0.2, 0.25) is 5.91 Å². The van der Waals surface area contributed by atoms with E-state index < -0.39 is 0 Å². The monoisotopic (exact) mass is 378 g/mol. The molecular weight excluding hydrogens is 359 g/mol. The van der Waals surface area contributed by atoms with Gasteiger partial charge in [0, 0.05) is 36.7 Å². The molecule has 3 aromatic rings. The topological polar surface area (TPSA) is 83.1 Å². The Labute approximate surface area is 161 Å². The predicted molar refractivity (Wildman–Crippen MR) is 106 cm³/mol. The summed E-state index contributed by atoms with van der Waals surface area (Å²) < 4.78 is 12.9. The number of carbonyl (C=O) groups is 2. The van der Waals surface area contributed by atoms with Crippen molar-refractivity contribution in [2.75, 3.05) is 10.6 Å². The molecule has 0 saturated heterocycles. The number of carbonyl (C=O) groups excluding carboxylic acids is 2. The quantitative estimate of drug-likeness (QED) is 0.608. The van der Waals surface area contributed by atoms with Gasteiger partial charge in [0.05, 0.1) is 0 Å². The highest BCUT2D eigenvalue weighted by atomic mass is 19.1. The van der Waals surface area contributed by atoms with E-state index in [0.717, 1.165) is 11.3 Å². The molecule has 0 aliphatic carbocycles. The number of amides is 2. The number of hydrogen-bond acceptors (Lipinski definition) is 4. The molecule has 1 aromatic heterocycles. The maximum atomic E-state index is 12.9. The summed E-state index contributed by atoms with van der Waals surface area (Å²) in [7, 11) is 0. The molecule has 0 unspecified atom stereocenters. The molecule has 7 heteroatoms. The Morgan fingerprint density at radius 2 is 1.68 bits per heavy atom. The van der Waals surface area contributed by atoms with E-state index in [9.17, 15) is 14.0 Å². The maximum absolute atomic E-state index is 12.9. The van der Waals surface area contributed by atoms with Gasteiger partial charge < -0.3 is 16.0 Å². The fourth-order valence-electron chi connectivity index (χ4n) is 2.55. The van der Waals surface area contributed by atoms with Crippen LogP contribution in [0.1, 0.15) is 23.0 Å². The van der Waals surface area contributed by atoms with Crippen molar-refractivity contribution in [1.82, 2.24) is 10.3 Å². The van der Waals surface area contributed by atoms with Gasteiger partial charge in [0.1, 0.15) is 11.5 Å². The highest BCUT2D eigenvalue weighted by Crippen LogP contribution is 2.20. The smallest absolute Gasteiger partial charge is 0.270 e. The van der Waals surface area contributed by atoms with E-state index in [1.165, 1.54) is 25.3 Å². The molecule has 3 N–H and O–H groups in total. The number of hydrogen-bond donors (Lipinski definition) is 3. The number of nitrogens with zero attached hydrogens (tertiary/aromatic N) is 1. The largest absolute Gasteiger partial charge is 0.355 e. The minimum atomic E-state index is -0.333. The second-order valence-electron chi connectivity index (χ2n) is 6.13. The van der Waals surface area contributed by atoms with E-state index in [1.807, 2.05) is 12.1 Å². The van der Waals surface area contributed by atoms with E-state index >= 15 is 0 Å². The molecule has 2 amide bonds. The van der Waals surface area contributed by atoms with E-state index in [4.69, 9.17) is 0 Å². The van der Waals surface area contributed by atoms with Crippen molar-refractivity contribution in [1.29, 1.82) is 0 Å². The van der Waals surface area contributed by atoms with Crippen LogP contribution in [0.3, 0.4) is 0 Å². The molecule has 142 valence electrons. The van der Waals surface area contributed by atoms with Crippen molar-refractivity contribution in [3.8, 4) is 0 Å². The number of nitrogens with one attached hydrogen (secondary N) is 3. The van der Waals surface area contributed by atoms with Gasteiger partial charge in [0.15, 0.2) is 0 Å². The van der Waals surface area contributed by atoms with Crippen LogP contribution in [0.5, 0.6) is 0 Å². The molecule has 0 saturated carbocycles. The number of benzene rings is 2. The maximum Gasteiger partial charge on any atom is 0.270 e. The van der Waals surface area contributed by atoms with Crippen molar-refractivity contribution < 1.29 is 14.0 Å². The number of pyridine rings is 1. The molecule has 1 heterocycles. The number of anilines is 3. The molecule has 6 nitrogen and oxygen atoms in total. The molecule has 2 aromatic carbocycles. The second kappa shape index (κ2) is 8.77. The zero-order valence-electron chi connectivity index (χ0n) is 15.2. The Hall–Kier alpha value is -3.74. The lowest BCUT2D eigenvalue weighted by molar-refractivity contribution is -0.114. The highest BCUT2D eigenvalue weighted by molar-refractivity contribution is 5.93. The molecular formula is C21H19FN4O2. The van der Waals surface area contributed by atoms with Crippen molar-refractivity contribution in [3.05, 3.63) is 83.9 Å². The van der Waals surface area contributed by atoms with Crippen molar-refractivity contribution >= 4 is 28.9 Å². The first-order valence-corrected chi connectivity index (χ1v) is 8.63. The molecule has 0 atom stereocenters. The third kappa shape index (κ3) is 5.38. The Bertz CT molecular complexity index is 990. The summed E-state index contributed by atoms with van der Waals surface area (Å²) in [4.78, 5) is 27.6. The molecule has 0 spiro atoms. The average Bonchev–Trinajstić information content (AvgIpc) is 2.67. The van der Waals surface area contributed by atoms with Crippen LogP contribution in [0, 0.1) is 5.82 Å².